The summed E-state index contributed by atoms with van der Waals surface area (Å²) >= 11 is 0. The average Bonchev–Trinajstić information content (AvgIpc) is 3.05. The van der Waals surface area contributed by atoms with Gasteiger partial charge < -0.3 is 10.4 Å². The van der Waals surface area contributed by atoms with Gasteiger partial charge in [-0.2, -0.15) is 0 Å². The van der Waals surface area contributed by atoms with Crippen molar-refractivity contribution in [3.63, 3.8) is 0 Å². The third kappa shape index (κ3) is 4.78. The van der Waals surface area contributed by atoms with Gasteiger partial charge in [-0.25, -0.2) is 0 Å². The van der Waals surface area contributed by atoms with Crippen LogP contribution in [0.4, 0.5) is 0 Å². The Morgan fingerprint density at radius 3 is 2.50 bits per heavy atom. The van der Waals surface area contributed by atoms with Gasteiger partial charge in [0.2, 0.25) is 0 Å². The van der Waals surface area contributed by atoms with Gasteiger partial charge in [0, 0.05) is 22.4 Å². The zero-order chi connectivity index (χ0) is 18.2. The van der Waals surface area contributed by atoms with Crippen LogP contribution in [-0.4, -0.2) is 10.7 Å². The lowest BCUT2D eigenvalue weighted by Gasteiger charge is -2.07. The Bertz CT molecular complexity index is 710. The van der Waals surface area contributed by atoms with Gasteiger partial charge in [-0.1, -0.05) is 76.5 Å². The first kappa shape index (κ1) is 19.2. The van der Waals surface area contributed by atoms with E-state index in [1.54, 1.807) is 0 Å². The molecule has 1 aromatic carbocycles. The fourth-order valence-corrected chi connectivity index (χ4v) is 4.43. The maximum atomic E-state index is 8.64. The molecule has 0 radical (unpaired) electrons. The Hall–Kier alpha value is -1.57. The number of para-hydroxylation sites is 1. The van der Waals surface area contributed by atoms with Crippen LogP contribution < -0.4 is 0 Å². The van der Waals surface area contributed by atoms with Crippen LogP contribution in [0.2, 0.25) is 0 Å². The molecule has 1 aliphatic rings. The number of hydrogen-bond acceptors (Lipinski definition) is 1. The zero-order valence-corrected chi connectivity index (χ0v) is 16.6. The molecular weight excluding hydrogens is 316 g/mol. The van der Waals surface area contributed by atoms with E-state index in [9.17, 15) is 0 Å². The summed E-state index contributed by atoms with van der Waals surface area (Å²) in [7, 11) is 0. The predicted octanol–water partition coefficient (Wildman–Crippen LogP) is 7.34. The van der Waals surface area contributed by atoms with E-state index in [4.69, 9.17) is 5.41 Å². The maximum Gasteiger partial charge on any atom is 0.0550 e. The molecule has 0 saturated carbocycles. The normalized spacial score (nSPS) is 15.3. The van der Waals surface area contributed by atoms with Crippen LogP contribution in [0.25, 0.3) is 10.9 Å². The molecule has 0 fully saturated rings. The summed E-state index contributed by atoms with van der Waals surface area (Å²) in [6.45, 7) is 2.26. The van der Waals surface area contributed by atoms with Gasteiger partial charge in [-0.15, -0.1) is 0 Å². The van der Waals surface area contributed by atoms with Crippen molar-refractivity contribution in [2.24, 2.45) is 0 Å². The van der Waals surface area contributed by atoms with Crippen LogP contribution in [0.5, 0.6) is 0 Å². The summed E-state index contributed by atoms with van der Waals surface area (Å²) in [5.74, 6) is 0. The molecule has 0 saturated heterocycles. The van der Waals surface area contributed by atoms with Crippen molar-refractivity contribution in [1.82, 2.24) is 4.98 Å². The number of unbranched alkanes of at least 4 members (excludes halogenated alkanes) is 5. The highest BCUT2D eigenvalue weighted by molar-refractivity contribution is 6.09. The van der Waals surface area contributed by atoms with E-state index in [-0.39, 0.29) is 0 Å². The van der Waals surface area contributed by atoms with Gasteiger partial charge in [-0.05, 0) is 44.1 Å². The molecule has 0 atom stereocenters. The largest absolute Gasteiger partial charge is 0.358 e. The fraction of sp³-hybridized carbons (Fsp3) is 0.625. The first-order valence-electron chi connectivity index (χ1n) is 11.0. The van der Waals surface area contributed by atoms with Crippen molar-refractivity contribution < 1.29 is 0 Å². The Balaban J connectivity index is 1.71. The van der Waals surface area contributed by atoms with Crippen molar-refractivity contribution in [3.8, 4) is 0 Å². The minimum atomic E-state index is 0.817. The van der Waals surface area contributed by atoms with Gasteiger partial charge in [-0.3, -0.25) is 0 Å². The van der Waals surface area contributed by atoms with Gasteiger partial charge in [0.25, 0.3) is 0 Å². The minimum absolute atomic E-state index is 0.817. The standard InChI is InChI=1S/C24H36N2/c1-2-3-4-5-8-11-17-22(25)21-16-13-15-20-19-14-10-7-6-9-12-18-23(19)26-24(20)21/h13,15-16,25-26H,2-12,14,17-18H2,1H3. The molecule has 2 nitrogen and oxygen atoms in total. The van der Waals surface area contributed by atoms with Crippen LogP contribution in [0.15, 0.2) is 18.2 Å². The molecule has 1 heterocycles. The van der Waals surface area contributed by atoms with Crippen LogP contribution in [-0.2, 0) is 12.8 Å². The van der Waals surface area contributed by atoms with Crippen LogP contribution in [0, 0.1) is 5.41 Å². The van der Waals surface area contributed by atoms with Crippen molar-refractivity contribution in [2.75, 3.05) is 0 Å². The van der Waals surface area contributed by atoms with Gasteiger partial charge in [0.05, 0.1) is 5.52 Å². The van der Waals surface area contributed by atoms with E-state index in [2.05, 4.69) is 30.1 Å². The highest BCUT2D eigenvalue weighted by Gasteiger charge is 2.16. The first-order valence-corrected chi connectivity index (χ1v) is 11.0. The zero-order valence-electron chi connectivity index (χ0n) is 16.6. The highest BCUT2D eigenvalue weighted by atomic mass is 14.7. The predicted molar refractivity (Wildman–Crippen MR) is 114 cm³/mol. The van der Waals surface area contributed by atoms with E-state index >= 15 is 0 Å². The van der Waals surface area contributed by atoms with Crippen molar-refractivity contribution in [1.29, 1.82) is 5.41 Å². The van der Waals surface area contributed by atoms with Gasteiger partial charge in [0.15, 0.2) is 0 Å². The SMILES string of the molecule is CCCCCCCCC(=N)c1cccc2c3c([nH]c12)CCCCCCC3. The summed E-state index contributed by atoms with van der Waals surface area (Å²) in [5, 5.41) is 10.0. The van der Waals surface area contributed by atoms with E-state index in [1.165, 1.54) is 99.2 Å². The number of aromatic nitrogens is 1. The average molecular weight is 353 g/mol. The quantitative estimate of drug-likeness (QED) is 0.368. The Morgan fingerprint density at radius 1 is 0.923 bits per heavy atom. The molecule has 2 heteroatoms. The molecule has 0 unspecified atom stereocenters. The third-order valence-corrected chi connectivity index (χ3v) is 5.99. The number of hydrogen-bond donors (Lipinski definition) is 2. The third-order valence-electron chi connectivity index (χ3n) is 5.99. The summed E-state index contributed by atoms with van der Waals surface area (Å²) in [4.78, 5) is 3.74. The van der Waals surface area contributed by atoms with Crippen LogP contribution in [0.1, 0.15) is 101 Å². The number of benzene rings is 1. The van der Waals surface area contributed by atoms with E-state index in [0.717, 1.165) is 24.1 Å². The topological polar surface area (TPSA) is 39.6 Å². The summed E-state index contributed by atoms with van der Waals surface area (Å²) in [6.07, 6.45) is 17.7. The second-order valence-electron chi connectivity index (χ2n) is 8.07. The molecule has 2 aromatic rings. The minimum Gasteiger partial charge on any atom is -0.358 e. The molecule has 3 rings (SSSR count). The first-order chi connectivity index (χ1) is 12.8. The molecule has 142 valence electrons. The number of H-pyrrole nitrogens is 1. The molecule has 0 aliphatic heterocycles. The molecule has 0 amide bonds. The highest BCUT2D eigenvalue weighted by Crippen LogP contribution is 2.30. The van der Waals surface area contributed by atoms with Crippen molar-refractivity contribution in [2.45, 2.75) is 96.8 Å². The van der Waals surface area contributed by atoms with Crippen LogP contribution in [0.3, 0.4) is 0 Å². The number of aromatic amines is 1. The second-order valence-corrected chi connectivity index (χ2v) is 8.07. The van der Waals surface area contributed by atoms with E-state index in [1.807, 2.05) is 0 Å². The Kier molecular flexibility index (Phi) is 7.34. The van der Waals surface area contributed by atoms with Gasteiger partial charge >= 0.3 is 0 Å². The molecule has 0 spiro atoms. The van der Waals surface area contributed by atoms with E-state index in [0.29, 0.717) is 0 Å². The summed E-state index contributed by atoms with van der Waals surface area (Å²) in [5.41, 5.74) is 6.17. The summed E-state index contributed by atoms with van der Waals surface area (Å²) in [6, 6.07) is 6.58. The van der Waals surface area contributed by atoms with Gasteiger partial charge in [0.1, 0.15) is 0 Å². The number of rotatable bonds is 8. The van der Waals surface area contributed by atoms with E-state index < -0.39 is 0 Å². The molecule has 1 aliphatic carbocycles. The smallest absolute Gasteiger partial charge is 0.0550 e. The molecule has 26 heavy (non-hydrogen) atoms. The fourth-order valence-electron chi connectivity index (χ4n) is 4.43. The van der Waals surface area contributed by atoms with Crippen molar-refractivity contribution >= 4 is 16.6 Å². The molecule has 2 N–H and O–H groups in total. The Morgan fingerprint density at radius 2 is 1.65 bits per heavy atom. The lowest BCUT2D eigenvalue weighted by atomic mass is 9.98. The molecular formula is C24H36N2. The summed E-state index contributed by atoms with van der Waals surface area (Å²) < 4.78 is 0. The lowest BCUT2D eigenvalue weighted by Crippen LogP contribution is -2.00. The lowest BCUT2D eigenvalue weighted by molar-refractivity contribution is 0.615. The maximum absolute atomic E-state index is 8.64. The number of nitrogens with one attached hydrogen (secondary N) is 2. The number of fused-ring (bicyclic) bond motifs is 3. The Labute approximate surface area is 159 Å². The van der Waals surface area contributed by atoms with Crippen molar-refractivity contribution in [3.05, 3.63) is 35.0 Å². The van der Waals surface area contributed by atoms with Crippen LogP contribution >= 0.6 is 0 Å². The number of aryl methyl sites for hydroxylation is 2. The second kappa shape index (κ2) is 9.94. The molecule has 1 aromatic heterocycles. The monoisotopic (exact) mass is 352 g/mol. The molecule has 0 bridgehead atoms.